The first-order valence-corrected chi connectivity index (χ1v) is 6.63. The van der Waals surface area contributed by atoms with Crippen LogP contribution in [0.15, 0.2) is 18.2 Å². The summed E-state index contributed by atoms with van der Waals surface area (Å²) in [5.74, 6) is 0.209. The third kappa shape index (κ3) is 5.64. The number of nitrogens with one attached hydrogen (secondary N) is 1. The minimum Gasteiger partial charge on any atom is -0.508 e. The summed E-state index contributed by atoms with van der Waals surface area (Å²) >= 11 is 0. The second-order valence-corrected chi connectivity index (χ2v) is 5.57. The predicted octanol–water partition coefficient (Wildman–Crippen LogP) is 4.08. The van der Waals surface area contributed by atoms with Crippen LogP contribution in [0, 0.1) is 0 Å². The van der Waals surface area contributed by atoms with E-state index in [0.29, 0.717) is 5.69 Å². The molecule has 0 atom stereocenters. The lowest BCUT2D eigenvalue weighted by atomic mass is 10.1. The number of phenols is 1. The van der Waals surface area contributed by atoms with Crippen LogP contribution < -0.4 is 5.32 Å². The van der Waals surface area contributed by atoms with E-state index in [0.717, 1.165) is 24.8 Å². The third-order valence-corrected chi connectivity index (χ3v) is 2.52. The molecule has 1 aromatic carbocycles. The number of aromatic hydroxyl groups is 1. The molecule has 0 spiro atoms. The lowest BCUT2D eigenvalue weighted by molar-refractivity contribution is 0.0635. The van der Waals surface area contributed by atoms with Crippen molar-refractivity contribution in [3.05, 3.63) is 23.8 Å². The molecule has 0 aliphatic heterocycles. The first-order chi connectivity index (χ1) is 8.81. The summed E-state index contributed by atoms with van der Waals surface area (Å²) in [6.07, 6.45) is 2.40. The highest BCUT2D eigenvalue weighted by molar-refractivity contribution is 5.86. The molecule has 0 saturated carbocycles. The van der Waals surface area contributed by atoms with Gasteiger partial charge in [-0.25, -0.2) is 4.79 Å². The molecule has 0 radical (unpaired) electrons. The maximum Gasteiger partial charge on any atom is 0.412 e. The Morgan fingerprint density at radius 2 is 2.05 bits per heavy atom. The van der Waals surface area contributed by atoms with E-state index in [4.69, 9.17) is 4.74 Å². The van der Waals surface area contributed by atoms with E-state index >= 15 is 0 Å². The molecular weight excluding hydrogens is 242 g/mol. The highest BCUT2D eigenvalue weighted by Gasteiger charge is 2.17. The number of hydrogen-bond donors (Lipinski definition) is 2. The van der Waals surface area contributed by atoms with E-state index in [9.17, 15) is 9.90 Å². The van der Waals surface area contributed by atoms with E-state index in [2.05, 4.69) is 12.2 Å². The van der Waals surface area contributed by atoms with Crippen LogP contribution in [0.1, 0.15) is 46.1 Å². The summed E-state index contributed by atoms with van der Waals surface area (Å²) in [7, 11) is 0. The number of unbranched alkanes of at least 4 members (excludes halogenated alkanes) is 1. The van der Waals surface area contributed by atoms with Gasteiger partial charge in [-0.2, -0.15) is 0 Å². The van der Waals surface area contributed by atoms with Crippen LogP contribution in [0.25, 0.3) is 0 Å². The molecule has 106 valence electrons. The lowest BCUT2D eigenvalue weighted by Crippen LogP contribution is -2.27. The molecule has 19 heavy (non-hydrogen) atoms. The first-order valence-electron chi connectivity index (χ1n) is 6.63. The van der Waals surface area contributed by atoms with Crippen LogP contribution in [-0.4, -0.2) is 16.8 Å². The second-order valence-electron chi connectivity index (χ2n) is 5.57. The van der Waals surface area contributed by atoms with Gasteiger partial charge in [-0.3, -0.25) is 5.32 Å². The van der Waals surface area contributed by atoms with Gasteiger partial charge in [-0.1, -0.05) is 13.3 Å². The summed E-state index contributed by atoms with van der Waals surface area (Å²) in [5.41, 5.74) is 1.10. The van der Waals surface area contributed by atoms with Crippen molar-refractivity contribution in [3.8, 4) is 5.75 Å². The molecule has 1 aromatic rings. The van der Waals surface area contributed by atoms with Gasteiger partial charge in [-0.05, 0) is 57.4 Å². The number of phenolic OH excluding ortho intramolecular Hbond substituents is 1. The van der Waals surface area contributed by atoms with Crippen LogP contribution in [0.4, 0.5) is 10.5 Å². The molecule has 1 rings (SSSR count). The average molecular weight is 265 g/mol. The molecule has 0 fully saturated rings. The largest absolute Gasteiger partial charge is 0.508 e. The minimum atomic E-state index is -0.523. The monoisotopic (exact) mass is 265 g/mol. The second kappa shape index (κ2) is 6.45. The maximum atomic E-state index is 11.7. The van der Waals surface area contributed by atoms with Gasteiger partial charge in [-0.15, -0.1) is 0 Å². The zero-order valence-electron chi connectivity index (χ0n) is 12.1. The first kappa shape index (κ1) is 15.3. The van der Waals surface area contributed by atoms with E-state index in [1.165, 1.54) is 0 Å². The van der Waals surface area contributed by atoms with Crippen LogP contribution in [-0.2, 0) is 11.2 Å². The van der Waals surface area contributed by atoms with Crippen molar-refractivity contribution < 1.29 is 14.6 Å². The van der Waals surface area contributed by atoms with Crippen molar-refractivity contribution in [1.29, 1.82) is 0 Å². The van der Waals surface area contributed by atoms with Crippen molar-refractivity contribution in [1.82, 2.24) is 0 Å². The molecule has 1 amide bonds. The molecule has 2 N–H and O–H groups in total. The van der Waals surface area contributed by atoms with E-state index in [-0.39, 0.29) is 5.75 Å². The van der Waals surface area contributed by atoms with Crippen molar-refractivity contribution in [3.63, 3.8) is 0 Å². The standard InChI is InChI=1S/C15H23NO3/c1-5-6-7-11-10-12(17)8-9-13(11)16-14(18)19-15(2,3)4/h8-10,17H,5-7H2,1-4H3,(H,16,18). The molecule has 0 aliphatic carbocycles. The number of amides is 1. The van der Waals surface area contributed by atoms with Crippen LogP contribution in [0.3, 0.4) is 0 Å². The smallest absolute Gasteiger partial charge is 0.412 e. The van der Waals surface area contributed by atoms with Crippen molar-refractivity contribution in [2.24, 2.45) is 0 Å². The number of carbonyl (C=O) groups excluding carboxylic acids is 1. The summed E-state index contributed by atoms with van der Waals surface area (Å²) in [6, 6.07) is 4.94. The molecule has 0 saturated heterocycles. The quantitative estimate of drug-likeness (QED) is 0.806. The Kier molecular flexibility index (Phi) is 5.21. The normalized spacial score (nSPS) is 11.2. The van der Waals surface area contributed by atoms with Crippen LogP contribution in [0.2, 0.25) is 0 Å². The summed E-state index contributed by atoms with van der Waals surface area (Å²) in [4.78, 5) is 11.7. The SMILES string of the molecule is CCCCc1cc(O)ccc1NC(=O)OC(C)(C)C. The predicted molar refractivity (Wildman–Crippen MR) is 76.6 cm³/mol. The van der Waals surface area contributed by atoms with Gasteiger partial charge in [0.15, 0.2) is 0 Å². The van der Waals surface area contributed by atoms with Crippen LogP contribution in [0.5, 0.6) is 5.75 Å². The molecule has 0 unspecified atom stereocenters. The molecule has 4 heteroatoms. The number of rotatable bonds is 4. The highest BCUT2D eigenvalue weighted by atomic mass is 16.6. The number of aryl methyl sites for hydroxylation is 1. The number of ether oxygens (including phenoxy) is 1. The molecule has 4 nitrogen and oxygen atoms in total. The Morgan fingerprint density at radius 3 is 2.63 bits per heavy atom. The Morgan fingerprint density at radius 1 is 1.37 bits per heavy atom. The summed E-state index contributed by atoms with van der Waals surface area (Å²) < 4.78 is 5.22. The zero-order chi connectivity index (χ0) is 14.5. The van der Waals surface area contributed by atoms with Crippen LogP contribution >= 0.6 is 0 Å². The molecule has 0 bridgehead atoms. The fourth-order valence-electron chi connectivity index (χ4n) is 1.69. The Balaban J connectivity index is 2.79. The van der Waals surface area contributed by atoms with Gasteiger partial charge in [0.05, 0.1) is 0 Å². The average Bonchev–Trinajstić information content (AvgIpc) is 2.27. The van der Waals surface area contributed by atoms with E-state index < -0.39 is 11.7 Å². The third-order valence-electron chi connectivity index (χ3n) is 2.52. The molecule has 0 aliphatic rings. The molecule has 0 aromatic heterocycles. The Hall–Kier alpha value is -1.71. The van der Waals surface area contributed by atoms with Crippen molar-refractivity contribution >= 4 is 11.8 Å². The van der Waals surface area contributed by atoms with Gasteiger partial charge in [0.2, 0.25) is 0 Å². The zero-order valence-corrected chi connectivity index (χ0v) is 12.1. The molecule has 0 heterocycles. The minimum absolute atomic E-state index is 0.209. The number of hydrogen-bond acceptors (Lipinski definition) is 3. The number of benzene rings is 1. The molecular formula is C15H23NO3. The van der Waals surface area contributed by atoms with Gasteiger partial charge < -0.3 is 9.84 Å². The fourth-order valence-corrected chi connectivity index (χ4v) is 1.69. The van der Waals surface area contributed by atoms with E-state index in [1.807, 2.05) is 20.8 Å². The summed E-state index contributed by atoms with van der Waals surface area (Å²) in [6.45, 7) is 7.56. The number of carbonyl (C=O) groups is 1. The maximum absolute atomic E-state index is 11.7. The van der Waals surface area contributed by atoms with Crippen molar-refractivity contribution in [2.75, 3.05) is 5.32 Å². The number of anilines is 1. The Bertz CT molecular complexity index is 436. The van der Waals surface area contributed by atoms with Gasteiger partial charge in [0.25, 0.3) is 0 Å². The topological polar surface area (TPSA) is 58.6 Å². The highest BCUT2D eigenvalue weighted by Crippen LogP contribution is 2.23. The Labute approximate surface area is 114 Å². The lowest BCUT2D eigenvalue weighted by Gasteiger charge is -2.20. The van der Waals surface area contributed by atoms with E-state index in [1.54, 1.807) is 18.2 Å². The van der Waals surface area contributed by atoms with Gasteiger partial charge in [0, 0.05) is 5.69 Å². The van der Waals surface area contributed by atoms with Crippen molar-refractivity contribution in [2.45, 2.75) is 52.6 Å². The summed E-state index contributed by atoms with van der Waals surface area (Å²) in [5, 5.41) is 12.2. The fraction of sp³-hybridized carbons (Fsp3) is 0.533. The van der Waals surface area contributed by atoms with Gasteiger partial charge >= 0.3 is 6.09 Å². The van der Waals surface area contributed by atoms with Gasteiger partial charge in [0.1, 0.15) is 11.4 Å².